The summed E-state index contributed by atoms with van der Waals surface area (Å²) in [6, 6.07) is 14.7. The molecule has 6 nitrogen and oxygen atoms in total. The third kappa shape index (κ3) is 4.41. The van der Waals surface area contributed by atoms with Crippen LogP contribution >= 0.6 is 12.2 Å². The summed E-state index contributed by atoms with van der Waals surface area (Å²) in [5.74, 6) is 1.15. The van der Waals surface area contributed by atoms with Crippen molar-refractivity contribution in [3.63, 3.8) is 0 Å². The SMILES string of the molecule is CCOC(=O)C1=C(C)N(c2ccc(OC)cc2)C(=S)NC1c1ccc(OCC)cc1. The van der Waals surface area contributed by atoms with Gasteiger partial charge in [-0.05, 0) is 75.0 Å². The van der Waals surface area contributed by atoms with Crippen molar-refractivity contribution < 1.29 is 19.0 Å². The maximum Gasteiger partial charge on any atom is 0.338 e. The first kappa shape index (κ1) is 21.6. The van der Waals surface area contributed by atoms with Gasteiger partial charge in [0.25, 0.3) is 0 Å². The number of benzene rings is 2. The second-order valence-corrected chi connectivity index (χ2v) is 7.02. The number of nitrogens with zero attached hydrogens (tertiary/aromatic N) is 1. The van der Waals surface area contributed by atoms with E-state index in [0.717, 1.165) is 28.4 Å². The van der Waals surface area contributed by atoms with Crippen LogP contribution in [-0.4, -0.2) is 31.4 Å². The van der Waals surface area contributed by atoms with Gasteiger partial charge in [-0.1, -0.05) is 12.1 Å². The minimum Gasteiger partial charge on any atom is -0.497 e. The molecule has 0 radical (unpaired) electrons. The molecule has 1 heterocycles. The maximum absolute atomic E-state index is 12.9. The van der Waals surface area contributed by atoms with E-state index in [9.17, 15) is 4.79 Å². The van der Waals surface area contributed by atoms with Gasteiger partial charge in [0.15, 0.2) is 5.11 Å². The van der Waals surface area contributed by atoms with Crippen LogP contribution in [0.4, 0.5) is 5.69 Å². The lowest BCUT2D eigenvalue weighted by Crippen LogP contribution is -2.48. The summed E-state index contributed by atoms with van der Waals surface area (Å²) in [7, 11) is 1.62. The Kier molecular flexibility index (Phi) is 6.95. The minimum absolute atomic E-state index is 0.290. The normalized spacial score (nSPS) is 16.2. The maximum atomic E-state index is 12.9. The van der Waals surface area contributed by atoms with Crippen LogP contribution in [-0.2, 0) is 9.53 Å². The van der Waals surface area contributed by atoms with Gasteiger partial charge >= 0.3 is 5.97 Å². The molecule has 0 saturated heterocycles. The molecule has 1 aliphatic heterocycles. The summed E-state index contributed by atoms with van der Waals surface area (Å²) < 4.78 is 16.1. The summed E-state index contributed by atoms with van der Waals surface area (Å²) in [6.07, 6.45) is 0. The highest BCUT2D eigenvalue weighted by Gasteiger charge is 2.35. The average molecular weight is 427 g/mol. The van der Waals surface area contributed by atoms with E-state index in [0.29, 0.717) is 23.9 Å². The number of anilines is 1. The van der Waals surface area contributed by atoms with Crippen LogP contribution in [0.1, 0.15) is 32.4 Å². The number of rotatable bonds is 7. The second kappa shape index (κ2) is 9.63. The van der Waals surface area contributed by atoms with Gasteiger partial charge < -0.3 is 19.5 Å². The molecule has 0 saturated carbocycles. The van der Waals surface area contributed by atoms with Crippen molar-refractivity contribution in [3.05, 3.63) is 65.4 Å². The van der Waals surface area contributed by atoms with Gasteiger partial charge in [-0.25, -0.2) is 4.79 Å². The zero-order chi connectivity index (χ0) is 21.7. The molecule has 0 bridgehead atoms. The second-order valence-electron chi connectivity index (χ2n) is 6.64. The first-order valence-electron chi connectivity index (χ1n) is 9.85. The topological polar surface area (TPSA) is 60.0 Å². The summed E-state index contributed by atoms with van der Waals surface area (Å²) in [5.41, 5.74) is 2.97. The number of nitrogens with one attached hydrogen (secondary N) is 1. The highest BCUT2D eigenvalue weighted by Crippen LogP contribution is 2.35. The Labute approximate surface area is 182 Å². The molecular formula is C23H26N2O4S. The molecule has 0 aromatic heterocycles. The number of thiocarbonyl (C=S) groups is 1. The number of esters is 1. The van der Waals surface area contributed by atoms with Gasteiger partial charge in [-0.2, -0.15) is 0 Å². The molecule has 158 valence electrons. The Hall–Kier alpha value is -3.06. The smallest absolute Gasteiger partial charge is 0.338 e. The zero-order valence-electron chi connectivity index (χ0n) is 17.6. The van der Waals surface area contributed by atoms with Crippen LogP contribution in [0.3, 0.4) is 0 Å². The largest absolute Gasteiger partial charge is 0.497 e. The van der Waals surface area contributed by atoms with Crippen molar-refractivity contribution in [2.45, 2.75) is 26.8 Å². The summed E-state index contributed by atoms with van der Waals surface area (Å²) >= 11 is 5.67. The zero-order valence-corrected chi connectivity index (χ0v) is 18.4. The van der Waals surface area contributed by atoms with Crippen LogP contribution in [0, 0.1) is 0 Å². The number of hydrogen-bond donors (Lipinski definition) is 1. The molecule has 1 atom stereocenters. The lowest BCUT2D eigenvalue weighted by atomic mass is 9.94. The first-order chi connectivity index (χ1) is 14.5. The van der Waals surface area contributed by atoms with E-state index < -0.39 is 6.04 Å². The van der Waals surface area contributed by atoms with Gasteiger partial charge in [0, 0.05) is 11.4 Å². The van der Waals surface area contributed by atoms with E-state index in [1.807, 2.05) is 67.3 Å². The quantitative estimate of drug-likeness (QED) is 0.521. The van der Waals surface area contributed by atoms with Crippen LogP contribution in [0.2, 0.25) is 0 Å². The Morgan fingerprint density at radius 3 is 2.23 bits per heavy atom. The fourth-order valence-corrected chi connectivity index (χ4v) is 3.79. The summed E-state index contributed by atoms with van der Waals surface area (Å²) in [5, 5.41) is 3.81. The number of ether oxygens (including phenoxy) is 3. The lowest BCUT2D eigenvalue weighted by Gasteiger charge is -2.37. The Balaban J connectivity index is 2.04. The average Bonchev–Trinajstić information content (AvgIpc) is 2.74. The molecule has 1 N–H and O–H groups in total. The minimum atomic E-state index is -0.415. The highest BCUT2D eigenvalue weighted by atomic mass is 32.1. The van der Waals surface area contributed by atoms with Gasteiger partial charge in [0.2, 0.25) is 0 Å². The van der Waals surface area contributed by atoms with Crippen molar-refractivity contribution in [1.82, 2.24) is 5.32 Å². The third-order valence-corrected chi connectivity index (χ3v) is 5.14. The molecule has 0 spiro atoms. The fourth-order valence-electron chi connectivity index (χ4n) is 3.43. The first-order valence-corrected chi connectivity index (χ1v) is 10.3. The predicted molar refractivity (Wildman–Crippen MR) is 121 cm³/mol. The summed E-state index contributed by atoms with van der Waals surface area (Å²) in [6.45, 7) is 6.49. The number of carbonyl (C=O) groups is 1. The third-order valence-electron chi connectivity index (χ3n) is 4.84. The van der Waals surface area contributed by atoms with Gasteiger partial charge in [0.05, 0.1) is 31.9 Å². The van der Waals surface area contributed by atoms with E-state index in [2.05, 4.69) is 5.32 Å². The van der Waals surface area contributed by atoms with Gasteiger partial charge in [-0.15, -0.1) is 0 Å². The molecule has 0 amide bonds. The van der Waals surface area contributed by atoms with Crippen molar-refractivity contribution in [2.24, 2.45) is 0 Å². The van der Waals surface area contributed by atoms with Crippen molar-refractivity contribution in [2.75, 3.05) is 25.2 Å². The van der Waals surface area contributed by atoms with E-state index in [-0.39, 0.29) is 5.97 Å². The van der Waals surface area contributed by atoms with Crippen LogP contribution in [0.5, 0.6) is 11.5 Å². The lowest BCUT2D eigenvalue weighted by molar-refractivity contribution is -0.139. The number of methoxy groups -OCH3 is 1. The Morgan fingerprint density at radius 1 is 1.03 bits per heavy atom. The molecule has 0 fully saturated rings. The Morgan fingerprint density at radius 2 is 1.67 bits per heavy atom. The predicted octanol–water partition coefficient (Wildman–Crippen LogP) is 4.37. The molecule has 7 heteroatoms. The number of hydrogen-bond acceptors (Lipinski definition) is 5. The molecule has 30 heavy (non-hydrogen) atoms. The standard InChI is InChI=1S/C23H26N2O4S/c1-5-28-19-11-7-16(8-12-19)21-20(22(26)29-6-2)15(3)25(23(30)24-21)17-9-13-18(27-4)14-10-17/h7-14,21H,5-6H2,1-4H3,(H,24,30). The van der Waals surface area contributed by atoms with Crippen molar-refractivity contribution in [1.29, 1.82) is 0 Å². The van der Waals surface area contributed by atoms with E-state index >= 15 is 0 Å². The van der Waals surface area contributed by atoms with Crippen molar-refractivity contribution in [3.8, 4) is 11.5 Å². The van der Waals surface area contributed by atoms with Crippen LogP contribution in [0.15, 0.2) is 59.8 Å². The molecule has 0 aliphatic carbocycles. The van der Waals surface area contributed by atoms with Crippen LogP contribution in [0.25, 0.3) is 0 Å². The van der Waals surface area contributed by atoms with E-state index in [1.54, 1.807) is 14.0 Å². The van der Waals surface area contributed by atoms with E-state index in [1.165, 1.54) is 0 Å². The highest BCUT2D eigenvalue weighted by molar-refractivity contribution is 7.80. The molecule has 2 aromatic carbocycles. The Bertz CT molecular complexity index is 939. The van der Waals surface area contributed by atoms with Gasteiger partial charge in [0.1, 0.15) is 11.5 Å². The molecule has 2 aromatic rings. The molecule has 1 aliphatic rings. The number of carbonyl (C=O) groups excluding carboxylic acids is 1. The molecule has 3 rings (SSSR count). The molecular weight excluding hydrogens is 400 g/mol. The fraction of sp³-hybridized carbons (Fsp3) is 0.304. The van der Waals surface area contributed by atoms with E-state index in [4.69, 9.17) is 26.4 Å². The molecule has 1 unspecified atom stereocenters. The van der Waals surface area contributed by atoms with Crippen LogP contribution < -0.4 is 19.7 Å². The van der Waals surface area contributed by atoms with Crippen molar-refractivity contribution >= 4 is 29.0 Å². The van der Waals surface area contributed by atoms with Gasteiger partial charge in [-0.3, -0.25) is 4.90 Å². The number of allylic oxidation sites excluding steroid dienone is 1. The monoisotopic (exact) mass is 426 g/mol. The summed E-state index contributed by atoms with van der Waals surface area (Å²) in [4.78, 5) is 14.8.